The van der Waals surface area contributed by atoms with Crippen LogP contribution < -0.4 is 11.1 Å². The number of halogens is 1. The molecular formula is C14H19FN2O2. The van der Waals surface area contributed by atoms with Crippen LogP contribution in [0.5, 0.6) is 0 Å². The fraction of sp³-hybridized carbons (Fsp3) is 0.500. The van der Waals surface area contributed by atoms with Crippen LogP contribution >= 0.6 is 0 Å². The predicted octanol–water partition coefficient (Wildman–Crippen LogP) is 1.83. The van der Waals surface area contributed by atoms with Gasteiger partial charge in [-0.05, 0) is 43.4 Å². The summed E-state index contributed by atoms with van der Waals surface area (Å²) < 4.78 is 18.8. The smallest absolute Gasteiger partial charge is 0.241 e. The number of nitrogens with two attached hydrogens (primary N) is 1. The second-order valence-corrected chi connectivity index (χ2v) is 4.95. The van der Waals surface area contributed by atoms with Gasteiger partial charge < -0.3 is 15.8 Å². The first-order valence-corrected chi connectivity index (χ1v) is 6.48. The summed E-state index contributed by atoms with van der Waals surface area (Å²) in [5, 5.41) is 2.57. The third-order valence-corrected chi connectivity index (χ3v) is 3.46. The molecule has 1 fully saturated rings. The SMILES string of the molecule is Cc1ccc(F)c(NC(=O)C(N)C2CCOCC2)c1. The van der Waals surface area contributed by atoms with Gasteiger partial charge in [-0.3, -0.25) is 4.79 Å². The summed E-state index contributed by atoms with van der Waals surface area (Å²) in [7, 11) is 0. The minimum absolute atomic E-state index is 0.0987. The molecule has 1 unspecified atom stereocenters. The van der Waals surface area contributed by atoms with Gasteiger partial charge >= 0.3 is 0 Å². The number of carbonyl (C=O) groups is 1. The molecule has 0 radical (unpaired) electrons. The number of hydrogen-bond donors (Lipinski definition) is 2. The number of anilines is 1. The molecule has 0 spiro atoms. The van der Waals surface area contributed by atoms with Crippen molar-refractivity contribution in [2.24, 2.45) is 11.7 Å². The molecule has 3 N–H and O–H groups in total. The first-order chi connectivity index (χ1) is 9.08. The Morgan fingerprint density at radius 2 is 2.16 bits per heavy atom. The van der Waals surface area contributed by atoms with Gasteiger partial charge in [-0.15, -0.1) is 0 Å². The van der Waals surface area contributed by atoms with E-state index in [2.05, 4.69) is 5.32 Å². The maximum absolute atomic E-state index is 13.6. The molecule has 104 valence electrons. The molecule has 1 aromatic carbocycles. The van der Waals surface area contributed by atoms with Crippen LogP contribution in [0.25, 0.3) is 0 Å². The highest BCUT2D eigenvalue weighted by Crippen LogP contribution is 2.20. The van der Waals surface area contributed by atoms with Gasteiger partial charge in [0.1, 0.15) is 5.82 Å². The lowest BCUT2D eigenvalue weighted by Gasteiger charge is -2.26. The third-order valence-electron chi connectivity index (χ3n) is 3.46. The molecule has 0 aliphatic carbocycles. The molecule has 0 bridgehead atoms. The molecule has 1 aliphatic heterocycles. The lowest BCUT2D eigenvalue weighted by Crippen LogP contribution is -2.44. The van der Waals surface area contributed by atoms with Crippen molar-refractivity contribution >= 4 is 11.6 Å². The van der Waals surface area contributed by atoms with Gasteiger partial charge in [0, 0.05) is 13.2 Å². The number of benzene rings is 1. The number of nitrogens with one attached hydrogen (secondary N) is 1. The molecule has 19 heavy (non-hydrogen) atoms. The van der Waals surface area contributed by atoms with Crippen LogP contribution in [-0.4, -0.2) is 25.2 Å². The van der Waals surface area contributed by atoms with Crippen molar-refractivity contribution in [2.75, 3.05) is 18.5 Å². The maximum atomic E-state index is 13.6. The average molecular weight is 266 g/mol. The lowest BCUT2D eigenvalue weighted by atomic mass is 9.92. The zero-order valence-corrected chi connectivity index (χ0v) is 11.0. The molecule has 1 saturated heterocycles. The molecule has 1 atom stereocenters. The quantitative estimate of drug-likeness (QED) is 0.877. The lowest BCUT2D eigenvalue weighted by molar-refractivity contribution is -0.119. The van der Waals surface area contributed by atoms with Crippen molar-refractivity contribution in [1.82, 2.24) is 0 Å². The first kappa shape index (κ1) is 14.0. The summed E-state index contributed by atoms with van der Waals surface area (Å²) in [5.41, 5.74) is 7.01. The molecule has 0 saturated carbocycles. The molecule has 1 aromatic rings. The Hall–Kier alpha value is -1.46. The Balaban J connectivity index is 2.01. The molecule has 1 amide bonds. The summed E-state index contributed by atoms with van der Waals surface area (Å²) in [6.45, 7) is 3.10. The predicted molar refractivity (Wildman–Crippen MR) is 71.3 cm³/mol. The van der Waals surface area contributed by atoms with Crippen molar-refractivity contribution in [3.05, 3.63) is 29.6 Å². The Bertz CT molecular complexity index is 459. The zero-order chi connectivity index (χ0) is 13.8. The van der Waals surface area contributed by atoms with Crippen LogP contribution in [0.15, 0.2) is 18.2 Å². The number of carbonyl (C=O) groups excluding carboxylic acids is 1. The summed E-state index contributed by atoms with van der Waals surface area (Å²) in [6, 6.07) is 3.97. The summed E-state index contributed by atoms with van der Waals surface area (Å²) in [4.78, 5) is 12.0. The van der Waals surface area contributed by atoms with Crippen molar-refractivity contribution in [2.45, 2.75) is 25.8 Å². The number of amides is 1. The van der Waals surface area contributed by atoms with Gasteiger partial charge in [0.25, 0.3) is 0 Å². The largest absolute Gasteiger partial charge is 0.381 e. The third kappa shape index (κ3) is 3.52. The van der Waals surface area contributed by atoms with Gasteiger partial charge in [-0.25, -0.2) is 4.39 Å². The number of hydrogen-bond acceptors (Lipinski definition) is 3. The van der Waals surface area contributed by atoms with E-state index in [9.17, 15) is 9.18 Å². The van der Waals surface area contributed by atoms with Gasteiger partial charge in [0.2, 0.25) is 5.91 Å². The standard InChI is InChI=1S/C14H19FN2O2/c1-9-2-3-11(15)12(8-9)17-14(18)13(16)10-4-6-19-7-5-10/h2-3,8,10,13H,4-7,16H2,1H3,(H,17,18). The molecule has 2 rings (SSSR count). The molecular weight excluding hydrogens is 247 g/mol. The van der Waals surface area contributed by atoms with E-state index >= 15 is 0 Å². The Morgan fingerprint density at radius 1 is 1.47 bits per heavy atom. The second kappa shape index (κ2) is 6.12. The Morgan fingerprint density at radius 3 is 2.84 bits per heavy atom. The molecule has 5 heteroatoms. The summed E-state index contributed by atoms with van der Waals surface area (Å²) in [6.07, 6.45) is 1.54. The highest BCUT2D eigenvalue weighted by molar-refractivity contribution is 5.95. The Kier molecular flexibility index (Phi) is 4.50. The topological polar surface area (TPSA) is 64.4 Å². The van der Waals surface area contributed by atoms with E-state index in [0.717, 1.165) is 18.4 Å². The highest BCUT2D eigenvalue weighted by atomic mass is 19.1. The van der Waals surface area contributed by atoms with Gasteiger partial charge in [-0.2, -0.15) is 0 Å². The van der Waals surface area contributed by atoms with Gasteiger partial charge in [0.15, 0.2) is 0 Å². The van der Waals surface area contributed by atoms with Crippen LogP contribution in [-0.2, 0) is 9.53 Å². The zero-order valence-electron chi connectivity index (χ0n) is 11.0. The number of aryl methyl sites for hydroxylation is 1. The van der Waals surface area contributed by atoms with E-state index in [1.54, 1.807) is 12.1 Å². The normalized spacial score (nSPS) is 18.1. The number of ether oxygens (including phenoxy) is 1. The van der Waals surface area contributed by atoms with Crippen LogP contribution in [0.2, 0.25) is 0 Å². The van der Waals surface area contributed by atoms with E-state index in [1.807, 2.05) is 6.92 Å². The highest BCUT2D eigenvalue weighted by Gasteiger charge is 2.26. The Labute approximate surface area is 112 Å². The van der Waals surface area contributed by atoms with Crippen molar-refractivity contribution < 1.29 is 13.9 Å². The minimum Gasteiger partial charge on any atom is -0.381 e. The fourth-order valence-electron chi connectivity index (χ4n) is 2.24. The minimum atomic E-state index is -0.621. The average Bonchev–Trinajstić information content (AvgIpc) is 2.43. The van der Waals surface area contributed by atoms with E-state index in [1.165, 1.54) is 6.07 Å². The molecule has 4 nitrogen and oxygen atoms in total. The molecule has 1 heterocycles. The summed E-state index contributed by atoms with van der Waals surface area (Å²) >= 11 is 0. The first-order valence-electron chi connectivity index (χ1n) is 6.48. The van der Waals surface area contributed by atoms with Crippen molar-refractivity contribution in [1.29, 1.82) is 0 Å². The second-order valence-electron chi connectivity index (χ2n) is 4.95. The van der Waals surface area contributed by atoms with E-state index < -0.39 is 11.9 Å². The maximum Gasteiger partial charge on any atom is 0.241 e. The monoisotopic (exact) mass is 266 g/mol. The summed E-state index contributed by atoms with van der Waals surface area (Å²) in [5.74, 6) is -0.684. The van der Waals surface area contributed by atoms with Crippen molar-refractivity contribution in [3.63, 3.8) is 0 Å². The van der Waals surface area contributed by atoms with Gasteiger partial charge in [-0.1, -0.05) is 6.07 Å². The van der Waals surface area contributed by atoms with Crippen LogP contribution in [0, 0.1) is 18.7 Å². The van der Waals surface area contributed by atoms with Crippen molar-refractivity contribution in [3.8, 4) is 0 Å². The van der Waals surface area contributed by atoms with E-state index in [4.69, 9.17) is 10.5 Å². The van der Waals surface area contributed by atoms with Crippen LogP contribution in [0.1, 0.15) is 18.4 Å². The molecule has 0 aromatic heterocycles. The fourth-order valence-corrected chi connectivity index (χ4v) is 2.24. The number of rotatable bonds is 3. The molecule has 1 aliphatic rings. The van der Waals surface area contributed by atoms with E-state index in [0.29, 0.717) is 13.2 Å². The van der Waals surface area contributed by atoms with Gasteiger partial charge in [0.05, 0.1) is 11.7 Å². The van der Waals surface area contributed by atoms with E-state index in [-0.39, 0.29) is 17.5 Å². The van der Waals surface area contributed by atoms with Crippen LogP contribution in [0.3, 0.4) is 0 Å². The van der Waals surface area contributed by atoms with Crippen LogP contribution in [0.4, 0.5) is 10.1 Å².